The molecule has 0 aliphatic rings. The van der Waals surface area contributed by atoms with Crippen molar-refractivity contribution in [2.24, 2.45) is 5.73 Å². The zero-order chi connectivity index (χ0) is 11.6. The first kappa shape index (κ1) is 11.6. The van der Waals surface area contributed by atoms with Crippen molar-refractivity contribution in [1.29, 1.82) is 0 Å². The maximum Gasteiger partial charge on any atom is 0.574 e. The third-order valence-corrected chi connectivity index (χ3v) is 1.79. The van der Waals surface area contributed by atoms with Gasteiger partial charge in [-0.15, -0.1) is 13.2 Å². The number of hydrogen-bond acceptors (Lipinski definition) is 3. The van der Waals surface area contributed by atoms with Gasteiger partial charge in [0.1, 0.15) is 0 Å². The summed E-state index contributed by atoms with van der Waals surface area (Å²) in [5.41, 5.74) is 4.73. The first-order valence-electron chi connectivity index (χ1n) is 4.02. The Morgan fingerprint density at radius 3 is 2.60 bits per heavy atom. The smallest absolute Gasteiger partial charge is 0.390 e. The molecule has 4 nitrogen and oxygen atoms in total. The topological polar surface area (TPSA) is 68.1 Å². The van der Waals surface area contributed by atoms with Crippen LogP contribution in [0.1, 0.15) is 11.1 Å². The molecule has 0 aromatic carbocycles. The van der Waals surface area contributed by atoms with Gasteiger partial charge >= 0.3 is 6.36 Å². The summed E-state index contributed by atoms with van der Waals surface area (Å²) in [5.74, 6) is -0.607. The molecule has 0 fully saturated rings. The maximum absolute atomic E-state index is 11.9. The zero-order valence-electron chi connectivity index (χ0n) is 7.81. The Morgan fingerprint density at radius 2 is 2.13 bits per heavy atom. The van der Waals surface area contributed by atoms with Gasteiger partial charge in [0.25, 0.3) is 0 Å². The number of alkyl halides is 3. The van der Waals surface area contributed by atoms with E-state index in [0.717, 1.165) is 6.20 Å². The number of nitrogens with two attached hydrogens (primary N) is 1. The van der Waals surface area contributed by atoms with Crippen molar-refractivity contribution in [3.63, 3.8) is 0 Å². The minimum Gasteiger partial charge on any atom is -0.390 e. The van der Waals surface area contributed by atoms with Gasteiger partial charge in [-0.1, -0.05) is 0 Å². The van der Waals surface area contributed by atoms with E-state index in [0.29, 0.717) is 0 Å². The molecule has 0 aliphatic heterocycles. The Kier molecular flexibility index (Phi) is 3.04. The number of ether oxygens (including phenoxy) is 1. The van der Waals surface area contributed by atoms with Crippen molar-refractivity contribution in [2.45, 2.75) is 19.8 Å². The van der Waals surface area contributed by atoms with Crippen molar-refractivity contribution < 1.29 is 17.9 Å². The van der Waals surface area contributed by atoms with Gasteiger partial charge in [0.15, 0.2) is 5.43 Å². The van der Waals surface area contributed by atoms with Crippen LogP contribution in [0.3, 0.4) is 0 Å². The summed E-state index contributed by atoms with van der Waals surface area (Å²) in [7, 11) is 0. The van der Waals surface area contributed by atoms with Crippen LogP contribution in [-0.2, 0) is 6.54 Å². The highest BCUT2D eigenvalue weighted by atomic mass is 19.4. The van der Waals surface area contributed by atoms with Crippen LogP contribution in [0.5, 0.6) is 5.88 Å². The number of rotatable bonds is 2. The van der Waals surface area contributed by atoms with E-state index in [-0.39, 0.29) is 17.7 Å². The number of hydrogen-bond donors (Lipinski definition) is 2. The van der Waals surface area contributed by atoms with Gasteiger partial charge in [-0.05, 0) is 6.92 Å². The van der Waals surface area contributed by atoms with E-state index in [1.165, 1.54) is 6.92 Å². The summed E-state index contributed by atoms with van der Waals surface area (Å²) in [6.45, 7) is 1.20. The first-order valence-corrected chi connectivity index (χ1v) is 4.02. The molecule has 0 radical (unpaired) electrons. The van der Waals surface area contributed by atoms with Gasteiger partial charge < -0.3 is 15.5 Å². The number of halogens is 3. The molecular weight excluding hydrogens is 213 g/mol. The molecule has 0 bridgehead atoms. The summed E-state index contributed by atoms with van der Waals surface area (Å²) >= 11 is 0. The minimum absolute atomic E-state index is 0.0392. The molecule has 0 saturated carbocycles. The van der Waals surface area contributed by atoms with E-state index in [4.69, 9.17) is 5.73 Å². The van der Waals surface area contributed by atoms with Gasteiger partial charge in [-0.3, -0.25) is 4.79 Å². The van der Waals surface area contributed by atoms with Crippen molar-refractivity contribution >= 4 is 0 Å². The lowest BCUT2D eigenvalue weighted by molar-refractivity contribution is -0.276. The van der Waals surface area contributed by atoms with E-state index < -0.39 is 17.7 Å². The average Bonchev–Trinajstić information content (AvgIpc) is 2.11. The van der Waals surface area contributed by atoms with Crippen molar-refractivity contribution in [3.05, 3.63) is 27.5 Å². The molecule has 0 aliphatic carbocycles. The van der Waals surface area contributed by atoms with E-state index >= 15 is 0 Å². The molecule has 84 valence electrons. The Hall–Kier alpha value is -1.50. The highest BCUT2D eigenvalue weighted by molar-refractivity contribution is 5.28. The molecule has 0 amide bonds. The molecule has 0 unspecified atom stereocenters. The molecule has 7 heteroatoms. The standard InChI is InChI=1S/C8H9F3N2O2/c1-4-6(14)5(2-12)3-13-7(4)15-8(9,10)11/h3H,2,12H2,1H3,(H,13,14). The third-order valence-electron chi connectivity index (χ3n) is 1.79. The highest BCUT2D eigenvalue weighted by Crippen LogP contribution is 2.21. The predicted molar refractivity (Wildman–Crippen MR) is 46.4 cm³/mol. The average molecular weight is 222 g/mol. The highest BCUT2D eigenvalue weighted by Gasteiger charge is 2.32. The molecule has 15 heavy (non-hydrogen) atoms. The lowest BCUT2D eigenvalue weighted by Crippen LogP contribution is -2.23. The second kappa shape index (κ2) is 3.93. The van der Waals surface area contributed by atoms with Gasteiger partial charge in [-0.2, -0.15) is 0 Å². The summed E-state index contributed by atoms with van der Waals surface area (Å²) in [6.07, 6.45) is -3.71. The third kappa shape index (κ3) is 2.72. The minimum atomic E-state index is -4.82. The quantitative estimate of drug-likeness (QED) is 0.785. The fourth-order valence-electron chi connectivity index (χ4n) is 1.04. The lowest BCUT2D eigenvalue weighted by atomic mass is 10.2. The van der Waals surface area contributed by atoms with Crippen molar-refractivity contribution in [3.8, 4) is 5.88 Å². The van der Waals surface area contributed by atoms with Gasteiger partial charge in [0.05, 0.1) is 5.56 Å². The molecule has 0 saturated heterocycles. The summed E-state index contributed by atoms with van der Waals surface area (Å²) in [4.78, 5) is 13.6. The molecule has 0 spiro atoms. The van der Waals surface area contributed by atoms with Crippen LogP contribution >= 0.6 is 0 Å². The van der Waals surface area contributed by atoms with Gasteiger partial charge in [0.2, 0.25) is 5.88 Å². The molecule has 1 heterocycles. The molecular formula is C8H9F3N2O2. The van der Waals surface area contributed by atoms with E-state index in [2.05, 4.69) is 9.72 Å². The molecule has 1 rings (SSSR count). The second-order valence-electron chi connectivity index (χ2n) is 2.85. The Balaban J connectivity index is 3.13. The van der Waals surface area contributed by atoms with Crippen LogP contribution in [0.2, 0.25) is 0 Å². The fraction of sp³-hybridized carbons (Fsp3) is 0.375. The summed E-state index contributed by atoms with van der Waals surface area (Å²) < 4.78 is 39.2. The van der Waals surface area contributed by atoms with E-state index in [1.807, 2.05) is 0 Å². The first-order chi connectivity index (χ1) is 6.85. The van der Waals surface area contributed by atoms with E-state index in [1.54, 1.807) is 0 Å². The zero-order valence-corrected chi connectivity index (χ0v) is 7.81. The maximum atomic E-state index is 11.9. The number of nitrogens with one attached hydrogen (secondary N) is 1. The monoisotopic (exact) mass is 222 g/mol. The fourth-order valence-corrected chi connectivity index (χ4v) is 1.04. The van der Waals surface area contributed by atoms with Crippen LogP contribution in [0, 0.1) is 6.92 Å². The van der Waals surface area contributed by atoms with Crippen LogP contribution in [-0.4, -0.2) is 11.3 Å². The van der Waals surface area contributed by atoms with Crippen LogP contribution < -0.4 is 15.9 Å². The Labute approximate surface area is 82.9 Å². The lowest BCUT2D eigenvalue weighted by Gasteiger charge is -2.11. The molecule has 3 N–H and O–H groups in total. The molecule has 1 aromatic heterocycles. The summed E-state index contributed by atoms with van der Waals surface area (Å²) in [6, 6.07) is 0. The number of aromatic nitrogens is 1. The predicted octanol–water partition coefficient (Wildman–Crippen LogP) is 1.04. The number of H-pyrrole nitrogens is 1. The van der Waals surface area contributed by atoms with Gasteiger partial charge in [-0.25, -0.2) is 0 Å². The molecule has 1 aromatic rings. The number of pyridine rings is 1. The SMILES string of the molecule is Cc1c(OC(F)(F)F)[nH]cc(CN)c1=O. The largest absolute Gasteiger partial charge is 0.574 e. The second-order valence-corrected chi connectivity index (χ2v) is 2.85. The number of aromatic amines is 1. The van der Waals surface area contributed by atoms with Crippen LogP contribution in [0.15, 0.2) is 11.0 Å². The summed E-state index contributed by atoms with van der Waals surface area (Å²) in [5, 5.41) is 0. The molecule has 0 atom stereocenters. The Morgan fingerprint density at radius 1 is 1.53 bits per heavy atom. The van der Waals surface area contributed by atoms with Crippen molar-refractivity contribution in [1.82, 2.24) is 4.98 Å². The van der Waals surface area contributed by atoms with Crippen LogP contribution in [0.25, 0.3) is 0 Å². The van der Waals surface area contributed by atoms with E-state index in [9.17, 15) is 18.0 Å². The Bertz CT molecular complexity index is 411. The normalized spacial score (nSPS) is 11.5. The van der Waals surface area contributed by atoms with Crippen LogP contribution in [0.4, 0.5) is 13.2 Å². The van der Waals surface area contributed by atoms with Gasteiger partial charge in [0, 0.05) is 18.3 Å². The van der Waals surface area contributed by atoms with Crippen molar-refractivity contribution in [2.75, 3.05) is 0 Å².